The van der Waals surface area contributed by atoms with Gasteiger partial charge in [0, 0.05) is 14.2 Å². The van der Waals surface area contributed by atoms with E-state index in [-0.39, 0.29) is 12.2 Å². The van der Waals surface area contributed by atoms with E-state index in [1.54, 1.807) is 14.2 Å². The smallest absolute Gasteiger partial charge is 0.0830 e. The molecule has 0 radical (unpaired) electrons. The molecule has 0 spiro atoms. The molecule has 0 bridgehead atoms. The number of hydrogen-bond acceptors (Lipinski definition) is 4. The summed E-state index contributed by atoms with van der Waals surface area (Å²) in [7, 11) is 3.25. The minimum Gasteiger partial charge on any atom is -0.390 e. The Morgan fingerprint density at radius 1 is 0.824 bits per heavy atom. The van der Waals surface area contributed by atoms with Gasteiger partial charge in [0.05, 0.1) is 24.4 Å². The van der Waals surface area contributed by atoms with Gasteiger partial charge in [0.15, 0.2) is 0 Å². The number of rotatable bonds is 10. The average Bonchev–Trinajstić information content (AvgIpc) is 2.37. The third-order valence-corrected chi connectivity index (χ3v) is 3.28. The van der Waals surface area contributed by atoms with Crippen LogP contribution in [0.25, 0.3) is 0 Å². The SMILES string of the molecule is CCC(O)C(CCCC(OC)C(O)CC)OC. The molecule has 4 atom stereocenters. The molecule has 0 aliphatic carbocycles. The molecule has 0 amide bonds. The summed E-state index contributed by atoms with van der Waals surface area (Å²) in [4.78, 5) is 0. The molecular weight excluding hydrogens is 220 g/mol. The number of aliphatic hydroxyl groups excluding tert-OH is 2. The number of hydrogen-bond donors (Lipinski definition) is 2. The van der Waals surface area contributed by atoms with E-state index < -0.39 is 12.2 Å². The highest BCUT2D eigenvalue weighted by Gasteiger charge is 2.20. The van der Waals surface area contributed by atoms with Crippen molar-refractivity contribution in [2.75, 3.05) is 14.2 Å². The summed E-state index contributed by atoms with van der Waals surface area (Å²) in [6, 6.07) is 0. The summed E-state index contributed by atoms with van der Waals surface area (Å²) < 4.78 is 10.5. The van der Waals surface area contributed by atoms with Crippen LogP contribution in [0.1, 0.15) is 46.0 Å². The first-order valence-corrected chi connectivity index (χ1v) is 6.52. The van der Waals surface area contributed by atoms with Gasteiger partial charge in [0.1, 0.15) is 0 Å². The van der Waals surface area contributed by atoms with E-state index in [0.29, 0.717) is 12.8 Å². The van der Waals surface area contributed by atoms with Gasteiger partial charge in [-0.1, -0.05) is 13.8 Å². The molecule has 0 saturated heterocycles. The van der Waals surface area contributed by atoms with Crippen LogP contribution in [-0.4, -0.2) is 48.8 Å². The Labute approximate surface area is 105 Å². The molecule has 0 aromatic carbocycles. The Morgan fingerprint density at radius 3 is 1.41 bits per heavy atom. The van der Waals surface area contributed by atoms with Gasteiger partial charge in [-0.25, -0.2) is 0 Å². The molecule has 0 aromatic rings. The van der Waals surface area contributed by atoms with Crippen molar-refractivity contribution in [1.29, 1.82) is 0 Å². The third kappa shape index (κ3) is 6.36. The zero-order chi connectivity index (χ0) is 13.3. The average molecular weight is 248 g/mol. The van der Waals surface area contributed by atoms with Crippen LogP contribution >= 0.6 is 0 Å². The molecule has 2 N–H and O–H groups in total. The van der Waals surface area contributed by atoms with Crippen LogP contribution < -0.4 is 0 Å². The van der Waals surface area contributed by atoms with Gasteiger partial charge < -0.3 is 19.7 Å². The molecule has 4 heteroatoms. The zero-order valence-corrected chi connectivity index (χ0v) is 11.6. The summed E-state index contributed by atoms with van der Waals surface area (Å²) in [5, 5.41) is 19.4. The highest BCUT2D eigenvalue weighted by atomic mass is 16.5. The molecule has 0 aliphatic rings. The predicted molar refractivity (Wildman–Crippen MR) is 68.0 cm³/mol. The van der Waals surface area contributed by atoms with Gasteiger partial charge in [-0.3, -0.25) is 0 Å². The fourth-order valence-corrected chi connectivity index (χ4v) is 1.98. The van der Waals surface area contributed by atoms with E-state index in [2.05, 4.69) is 0 Å². The maximum Gasteiger partial charge on any atom is 0.0830 e. The summed E-state index contributed by atoms with van der Waals surface area (Å²) >= 11 is 0. The maximum atomic E-state index is 9.69. The lowest BCUT2D eigenvalue weighted by Crippen LogP contribution is -2.30. The van der Waals surface area contributed by atoms with Crippen molar-refractivity contribution in [2.24, 2.45) is 0 Å². The number of methoxy groups -OCH3 is 2. The fourth-order valence-electron chi connectivity index (χ4n) is 1.98. The van der Waals surface area contributed by atoms with E-state index in [1.807, 2.05) is 13.8 Å². The van der Waals surface area contributed by atoms with Crippen molar-refractivity contribution < 1.29 is 19.7 Å². The second-order valence-corrected chi connectivity index (χ2v) is 4.43. The van der Waals surface area contributed by atoms with Crippen molar-refractivity contribution >= 4 is 0 Å². The Hall–Kier alpha value is -0.160. The van der Waals surface area contributed by atoms with Crippen molar-refractivity contribution in [2.45, 2.75) is 70.4 Å². The molecule has 0 fully saturated rings. The lowest BCUT2D eigenvalue weighted by atomic mass is 10.0. The minimum atomic E-state index is -0.405. The first-order valence-electron chi connectivity index (χ1n) is 6.52. The summed E-state index contributed by atoms with van der Waals surface area (Å²) in [5.74, 6) is 0. The molecule has 17 heavy (non-hydrogen) atoms. The topological polar surface area (TPSA) is 58.9 Å². The summed E-state index contributed by atoms with van der Waals surface area (Å²) in [6.45, 7) is 3.88. The molecule has 0 heterocycles. The molecule has 0 rings (SSSR count). The van der Waals surface area contributed by atoms with Crippen LogP contribution in [0.15, 0.2) is 0 Å². The molecule has 0 aliphatic heterocycles. The second-order valence-electron chi connectivity index (χ2n) is 4.43. The summed E-state index contributed by atoms with van der Waals surface area (Å²) in [5.41, 5.74) is 0. The maximum absolute atomic E-state index is 9.69. The van der Waals surface area contributed by atoms with Crippen molar-refractivity contribution in [3.05, 3.63) is 0 Å². The van der Waals surface area contributed by atoms with Crippen molar-refractivity contribution in [3.63, 3.8) is 0 Å². The Morgan fingerprint density at radius 2 is 1.18 bits per heavy atom. The van der Waals surface area contributed by atoms with Crippen molar-refractivity contribution in [1.82, 2.24) is 0 Å². The standard InChI is InChI=1S/C13H28O4/c1-5-10(14)12(16-3)8-7-9-13(17-4)11(15)6-2/h10-15H,5-9H2,1-4H3. The molecule has 0 saturated carbocycles. The highest BCUT2D eigenvalue weighted by molar-refractivity contribution is 4.71. The second kappa shape index (κ2) is 9.83. The highest BCUT2D eigenvalue weighted by Crippen LogP contribution is 2.15. The lowest BCUT2D eigenvalue weighted by molar-refractivity contribution is -0.0341. The Bertz CT molecular complexity index is 157. The van der Waals surface area contributed by atoms with Gasteiger partial charge in [0.25, 0.3) is 0 Å². The normalized spacial score (nSPS) is 18.7. The van der Waals surface area contributed by atoms with Crippen LogP contribution in [0.2, 0.25) is 0 Å². The van der Waals surface area contributed by atoms with Crippen LogP contribution in [0.4, 0.5) is 0 Å². The molecule has 0 aromatic heterocycles. The van der Waals surface area contributed by atoms with Gasteiger partial charge in [-0.05, 0) is 32.1 Å². The van der Waals surface area contributed by atoms with Crippen LogP contribution in [0.5, 0.6) is 0 Å². The fraction of sp³-hybridized carbons (Fsp3) is 1.00. The zero-order valence-electron chi connectivity index (χ0n) is 11.6. The van der Waals surface area contributed by atoms with E-state index in [4.69, 9.17) is 9.47 Å². The third-order valence-electron chi connectivity index (χ3n) is 3.28. The van der Waals surface area contributed by atoms with E-state index in [1.165, 1.54) is 0 Å². The first kappa shape index (κ1) is 16.8. The molecule has 104 valence electrons. The van der Waals surface area contributed by atoms with Gasteiger partial charge >= 0.3 is 0 Å². The van der Waals surface area contributed by atoms with Gasteiger partial charge in [-0.15, -0.1) is 0 Å². The van der Waals surface area contributed by atoms with Gasteiger partial charge in [-0.2, -0.15) is 0 Å². The number of aliphatic hydroxyl groups is 2. The van der Waals surface area contributed by atoms with E-state index >= 15 is 0 Å². The van der Waals surface area contributed by atoms with Gasteiger partial charge in [0.2, 0.25) is 0 Å². The predicted octanol–water partition coefficient (Wildman–Crippen LogP) is 1.73. The number of ether oxygens (including phenoxy) is 2. The Kier molecular flexibility index (Phi) is 9.74. The van der Waals surface area contributed by atoms with E-state index in [9.17, 15) is 10.2 Å². The largest absolute Gasteiger partial charge is 0.390 e. The van der Waals surface area contributed by atoms with Crippen LogP contribution in [-0.2, 0) is 9.47 Å². The van der Waals surface area contributed by atoms with Crippen molar-refractivity contribution in [3.8, 4) is 0 Å². The monoisotopic (exact) mass is 248 g/mol. The summed E-state index contributed by atoms with van der Waals surface area (Å²) in [6.07, 6.45) is 2.82. The van der Waals surface area contributed by atoms with E-state index in [0.717, 1.165) is 19.3 Å². The van der Waals surface area contributed by atoms with Crippen LogP contribution in [0.3, 0.4) is 0 Å². The Balaban J connectivity index is 3.93. The molecule has 4 unspecified atom stereocenters. The quantitative estimate of drug-likeness (QED) is 0.618. The lowest BCUT2D eigenvalue weighted by Gasteiger charge is -2.23. The van der Waals surface area contributed by atoms with Crippen LogP contribution in [0, 0.1) is 0 Å². The first-order chi connectivity index (χ1) is 8.10. The molecule has 4 nitrogen and oxygen atoms in total. The molecular formula is C13H28O4. The minimum absolute atomic E-state index is 0.115.